The molecule has 0 amide bonds. The van der Waals surface area contributed by atoms with Crippen LogP contribution in [0, 0.1) is 6.92 Å². The van der Waals surface area contributed by atoms with E-state index >= 15 is 0 Å². The Balaban J connectivity index is 2.30. The van der Waals surface area contributed by atoms with Gasteiger partial charge in [0, 0.05) is 29.3 Å². The number of aromatic nitrogens is 2. The van der Waals surface area contributed by atoms with E-state index in [-0.39, 0.29) is 5.56 Å². The zero-order valence-corrected chi connectivity index (χ0v) is 11.8. The van der Waals surface area contributed by atoms with Crippen molar-refractivity contribution in [3.05, 3.63) is 53.7 Å². The Morgan fingerprint density at radius 2 is 1.90 bits per heavy atom. The van der Waals surface area contributed by atoms with Crippen molar-refractivity contribution < 1.29 is 8.78 Å². The Labute approximate surface area is 121 Å². The average molecular weight is 287 g/mol. The maximum Gasteiger partial charge on any atom is 0.264 e. The van der Waals surface area contributed by atoms with Crippen molar-refractivity contribution in [2.45, 2.75) is 13.3 Å². The van der Waals surface area contributed by atoms with Crippen LogP contribution in [0.5, 0.6) is 0 Å². The van der Waals surface area contributed by atoms with Crippen molar-refractivity contribution in [1.29, 1.82) is 0 Å². The summed E-state index contributed by atoms with van der Waals surface area (Å²) >= 11 is 0. The van der Waals surface area contributed by atoms with Crippen LogP contribution in [0.15, 0.2) is 42.5 Å². The summed E-state index contributed by atoms with van der Waals surface area (Å²) in [6, 6.07) is 12.3. The van der Waals surface area contributed by atoms with Gasteiger partial charge in [-0.15, -0.1) is 0 Å². The molecule has 5 heteroatoms. The monoisotopic (exact) mass is 287 g/mol. The molecule has 1 N–H and O–H groups in total. The molecule has 0 aliphatic rings. The van der Waals surface area contributed by atoms with E-state index in [1.165, 1.54) is 6.07 Å². The number of rotatable bonds is 3. The number of nitrogens with one attached hydrogen (secondary N) is 1. The first-order valence-electron chi connectivity index (χ1n) is 6.66. The molecule has 0 fully saturated rings. The lowest BCUT2D eigenvalue weighted by molar-refractivity contribution is 0.152. The van der Waals surface area contributed by atoms with E-state index in [4.69, 9.17) is 0 Å². The highest BCUT2D eigenvalue weighted by atomic mass is 19.3. The van der Waals surface area contributed by atoms with E-state index in [0.717, 1.165) is 16.7 Å². The highest BCUT2D eigenvalue weighted by Crippen LogP contribution is 2.33. The smallest absolute Gasteiger partial charge is 0.264 e. The Bertz CT molecular complexity index is 793. The molecule has 0 saturated heterocycles. The fourth-order valence-corrected chi connectivity index (χ4v) is 2.52. The summed E-state index contributed by atoms with van der Waals surface area (Å²) < 4.78 is 28.2. The fourth-order valence-electron chi connectivity index (χ4n) is 2.52. The van der Waals surface area contributed by atoms with Gasteiger partial charge in [0.1, 0.15) is 0 Å². The third-order valence-corrected chi connectivity index (χ3v) is 3.48. The van der Waals surface area contributed by atoms with Gasteiger partial charge < -0.3 is 5.43 Å². The van der Waals surface area contributed by atoms with Gasteiger partial charge in [-0.05, 0) is 25.1 Å². The third kappa shape index (κ3) is 2.24. The first-order valence-corrected chi connectivity index (χ1v) is 6.66. The number of hydrogen-bond donors (Lipinski definition) is 1. The number of pyridine rings is 1. The second-order valence-corrected chi connectivity index (χ2v) is 4.84. The number of nitrogens with zero attached hydrogens (tertiary/aromatic N) is 2. The minimum Gasteiger partial charge on any atom is -0.327 e. The van der Waals surface area contributed by atoms with Crippen molar-refractivity contribution in [3.8, 4) is 11.3 Å². The minimum absolute atomic E-state index is 0.0218. The van der Waals surface area contributed by atoms with Gasteiger partial charge >= 0.3 is 0 Å². The molecule has 21 heavy (non-hydrogen) atoms. The highest BCUT2D eigenvalue weighted by molar-refractivity contribution is 5.85. The lowest BCUT2D eigenvalue weighted by Gasteiger charge is -2.12. The van der Waals surface area contributed by atoms with Crippen LogP contribution in [-0.2, 0) is 0 Å². The summed E-state index contributed by atoms with van der Waals surface area (Å²) in [6.07, 6.45) is -2.51. The summed E-state index contributed by atoms with van der Waals surface area (Å²) in [5.41, 5.74) is 5.85. The van der Waals surface area contributed by atoms with Gasteiger partial charge in [-0.2, -0.15) is 0 Å². The number of fused-ring (bicyclic) bond motifs is 1. The molecule has 0 aliphatic heterocycles. The summed E-state index contributed by atoms with van der Waals surface area (Å²) in [4.78, 5) is 4.48. The maximum atomic E-state index is 13.2. The number of alkyl halides is 2. The van der Waals surface area contributed by atoms with Crippen LogP contribution in [0.1, 0.15) is 17.7 Å². The van der Waals surface area contributed by atoms with E-state index in [1.807, 2.05) is 25.1 Å². The van der Waals surface area contributed by atoms with E-state index in [9.17, 15) is 8.78 Å². The topological polar surface area (TPSA) is 29.9 Å². The van der Waals surface area contributed by atoms with Gasteiger partial charge in [0.05, 0.1) is 5.69 Å². The SMILES string of the molecule is CNn1c(-c2ccccc2C(F)F)cc2ccc(C)nc21. The number of aryl methyl sites for hydroxylation is 1. The molecule has 3 nitrogen and oxygen atoms in total. The Morgan fingerprint density at radius 1 is 1.14 bits per heavy atom. The molecule has 3 aromatic rings. The molecule has 0 bridgehead atoms. The Hall–Kier alpha value is -2.43. The highest BCUT2D eigenvalue weighted by Gasteiger charge is 2.18. The Morgan fingerprint density at radius 3 is 2.62 bits per heavy atom. The maximum absolute atomic E-state index is 13.2. The minimum atomic E-state index is -2.51. The average Bonchev–Trinajstić information content (AvgIpc) is 2.84. The second-order valence-electron chi connectivity index (χ2n) is 4.84. The second kappa shape index (κ2) is 5.16. The Kier molecular flexibility index (Phi) is 3.33. The molecule has 0 spiro atoms. The van der Waals surface area contributed by atoms with Crippen molar-refractivity contribution in [2.75, 3.05) is 12.5 Å². The number of hydrogen-bond acceptors (Lipinski definition) is 2. The van der Waals surface area contributed by atoms with Crippen molar-refractivity contribution in [3.63, 3.8) is 0 Å². The lowest BCUT2D eigenvalue weighted by Crippen LogP contribution is -2.11. The van der Waals surface area contributed by atoms with E-state index < -0.39 is 6.43 Å². The zero-order valence-electron chi connectivity index (χ0n) is 11.8. The van der Waals surface area contributed by atoms with Crippen LogP contribution in [0.3, 0.4) is 0 Å². The molecule has 0 atom stereocenters. The standard InChI is InChI=1S/C16H15F2N3/c1-10-7-8-11-9-14(21(19-2)16(11)20-10)12-5-3-4-6-13(12)15(17)18/h3-9,15,19H,1-2H3. The fraction of sp³-hybridized carbons (Fsp3) is 0.188. The normalized spacial score (nSPS) is 11.3. The predicted octanol–water partition coefficient (Wildman–Crippen LogP) is 4.12. The first-order chi connectivity index (χ1) is 10.1. The molecule has 2 aromatic heterocycles. The van der Waals surface area contributed by atoms with Crippen LogP contribution in [0.4, 0.5) is 8.78 Å². The molecule has 3 rings (SSSR count). The van der Waals surface area contributed by atoms with Crippen LogP contribution in [0.25, 0.3) is 22.3 Å². The molecule has 0 aliphatic carbocycles. The van der Waals surface area contributed by atoms with Crippen LogP contribution in [0.2, 0.25) is 0 Å². The summed E-state index contributed by atoms with van der Waals surface area (Å²) in [5, 5.41) is 0.911. The molecular formula is C16H15F2N3. The van der Waals surface area contributed by atoms with Gasteiger partial charge in [-0.25, -0.2) is 18.4 Å². The predicted molar refractivity (Wildman–Crippen MR) is 80.1 cm³/mol. The molecule has 1 aromatic carbocycles. The largest absolute Gasteiger partial charge is 0.327 e. The zero-order chi connectivity index (χ0) is 15.0. The van der Waals surface area contributed by atoms with Gasteiger partial charge in [0.25, 0.3) is 6.43 Å². The van der Waals surface area contributed by atoms with E-state index in [2.05, 4.69) is 10.4 Å². The van der Waals surface area contributed by atoms with Crippen LogP contribution >= 0.6 is 0 Å². The van der Waals surface area contributed by atoms with Crippen LogP contribution in [-0.4, -0.2) is 16.7 Å². The van der Waals surface area contributed by atoms with Gasteiger partial charge in [0.15, 0.2) is 5.65 Å². The van der Waals surface area contributed by atoms with Crippen molar-refractivity contribution in [1.82, 2.24) is 9.66 Å². The van der Waals surface area contributed by atoms with E-state index in [0.29, 0.717) is 11.3 Å². The van der Waals surface area contributed by atoms with E-state index in [1.54, 1.807) is 29.9 Å². The van der Waals surface area contributed by atoms with Gasteiger partial charge in [0.2, 0.25) is 0 Å². The molecular weight excluding hydrogens is 272 g/mol. The molecule has 0 radical (unpaired) electrons. The van der Waals surface area contributed by atoms with Crippen molar-refractivity contribution in [2.24, 2.45) is 0 Å². The third-order valence-electron chi connectivity index (χ3n) is 3.48. The van der Waals surface area contributed by atoms with Crippen LogP contribution < -0.4 is 5.43 Å². The molecule has 0 saturated carbocycles. The van der Waals surface area contributed by atoms with Gasteiger partial charge in [-0.1, -0.05) is 24.3 Å². The van der Waals surface area contributed by atoms with Gasteiger partial charge in [-0.3, -0.25) is 0 Å². The molecule has 108 valence electrons. The lowest BCUT2D eigenvalue weighted by atomic mass is 10.0. The summed E-state index contributed by atoms with van der Waals surface area (Å²) in [7, 11) is 1.75. The summed E-state index contributed by atoms with van der Waals surface area (Å²) in [6.45, 7) is 1.90. The number of benzene rings is 1. The number of halogens is 2. The molecule has 2 heterocycles. The quantitative estimate of drug-likeness (QED) is 0.785. The molecule has 0 unspecified atom stereocenters. The summed E-state index contributed by atoms with van der Waals surface area (Å²) in [5.74, 6) is 0. The van der Waals surface area contributed by atoms with Crippen molar-refractivity contribution >= 4 is 11.0 Å². The first kappa shape index (κ1) is 13.5.